The highest BCUT2D eigenvalue weighted by molar-refractivity contribution is 6.30. The molecule has 2 amide bonds. The van der Waals surface area contributed by atoms with E-state index < -0.39 is 29.3 Å². The minimum Gasteiger partial charge on any atom is -0.391 e. The van der Waals surface area contributed by atoms with Crippen molar-refractivity contribution < 1.29 is 19.1 Å². The molecule has 0 radical (unpaired) electrons. The summed E-state index contributed by atoms with van der Waals surface area (Å²) in [6.45, 7) is 7.46. The fraction of sp³-hybridized carbons (Fsp3) is 0.577. The van der Waals surface area contributed by atoms with Crippen LogP contribution in [0.25, 0.3) is 11.4 Å². The van der Waals surface area contributed by atoms with Crippen molar-refractivity contribution in [2.75, 3.05) is 13.6 Å². The maximum atomic E-state index is 14.8. The number of imidazole rings is 1. The normalized spacial score (nSPS) is 21.5. The van der Waals surface area contributed by atoms with Gasteiger partial charge in [0, 0.05) is 18.1 Å². The maximum absolute atomic E-state index is 14.8. The summed E-state index contributed by atoms with van der Waals surface area (Å²) in [5.41, 5.74) is 0.466. The quantitative estimate of drug-likeness (QED) is 0.562. The number of fused-ring (bicyclic) bond motifs is 1. The van der Waals surface area contributed by atoms with Gasteiger partial charge in [-0.05, 0) is 62.9 Å². The molecule has 10 heteroatoms. The van der Waals surface area contributed by atoms with E-state index in [4.69, 9.17) is 11.6 Å². The molecule has 8 nitrogen and oxygen atoms in total. The molecule has 2 heterocycles. The van der Waals surface area contributed by atoms with E-state index in [1.165, 1.54) is 18.2 Å². The van der Waals surface area contributed by atoms with Crippen LogP contribution in [0.5, 0.6) is 0 Å². The van der Waals surface area contributed by atoms with Gasteiger partial charge in [-0.25, -0.2) is 9.37 Å². The van der Waals surface area contributed by atoms with Crippen molar-refractivity contribution in [2.45, 2.75) is 77.7 Å². The average molecular weight is 520 g/mol. The highest BCUT2D eigenvalue weighted by Gasteiger charge is 2.37. The minimum atomic E-state index is -0.856. The van der Waals surface area contributed by atoms with Crippen LogP contribution in [0.2, 0.25) is 5.02 Å². The first-order valence-electron chi connectivity index (χ1n) is 12.5. The fourth-order valence-corrected chi connectivity index (χ4v) is 5.20. The summed E-state index contributed by atoms with van der Waals surface area (Å²) in [6, 6.07) is 3.10. The van der Waals surface area contributed by atoms with Crippen LogP contribution in [0, 0.1) is 11.2 Å². The van der Waals surface area contributed by atoms with E-state index >= 15 is 0 Å². The van der Waals surface area contributed by atoms with Gasteiger partial charge in [-0.1, -0.05) is 32.4 Å². The van der Waals surface area contributed by atoms with E-state index in [9.17, 15) is 19.1 Å². The molecule has 1 saturated carbocycles. The second-order valence-electron chi connectivity index (χ2n) is 11.0. The summed E-state index contributed by atoms with van der Waals surface area (Å²) in [4.78, 5) is 33.6. The van der Waals surface area contributed by atoms with Crippen LogP contribution >= 0.6 is 11.6 Å². The number of carbonyl (C=O) groups excluding carboxylic acids is 2. The minimum absolute atomic E-state index is 0.168. The summed E-state index contributed by atoms with van der Waals surface area (Å²) in [5, 5.41) is 16.3. The van der Waals surface area contributed by atoms with Crippen LogP contribution in [0.4, 0.5) is 4.39 Å². The van der Waals surface area contributed by atoms with Gasteiger partial charge in [-0.2, -0.15) is 0 Å². The van der Waals surface area contributed by atoms with Crippen LogP contribution in [0.3, 0.4) is 0 Å². The van der Waals surface area contributed by atoms with Crippen molar-refractivity contribution in [3.63, 3.8) is 0 Å². The zero-order valence-electron chi connectivity index (χ0n) is 21.3. The number of nitrogens with one attached hydrogen (secondary N) is 2. The second-order valence-corrected chi connectivity index (χ2v) is 11.4. The topological polar surface area (TPSA) is 99.5 Å². The van der Waals surface area contributed by atoms with Crippen LogP contribution < -0.4 is 10.6 Å². The summed E-state index contributed by atoms with van der Waals surface area (Å²) >= 11 is 6.16. The average Bonchev–Trinajstić information content (AvgIpc) is 3.29. The SMILES string of the molecule is CN1CCCn2c(-c3cc(Cl)ccc3F)nc(C(=O)N[C@H](C(=O)N[C@H]3CCC[C@H]3O)C(C)(C)C)c2C1. The molecule has 2 aromatic rings. The molecule has 1 aromatic carbocycles. The predicted molar refractivity (Wildman–Crippen MR) is 136 cm³/mol. The Balaban J connectivity index is 1.69. The molecular weight excluding hydrogens is 485 g/mol. The van der Waals surface area contributed by atoms with Crippen LogP contribution in [-0.4, -0.2) is 63.2 Å². The highest BCUT2D eigenvalue weighted by Crippen LogP contribution is 2.30. The van der Waals surface area contributed by atoms with Crippen LogP contribution in [0.15, 0.2) is 18.2 Å². The molecule has 0 unspecified atom stereocenters. The molecule has 4 rings (SSSR count). The molecule has 1 fully saturated rings. The smallest absolute Gasteiger partial charge is 0.272 e. The van der Waals surface area contributed by atoms with Crippen molar-refractivity contribution in [2.24, 2.45) is 5.41 Å². The number of nitrogens with zero attached hydrogens (tertiary/aromatic N) is 3. The zero-order valence-corrected chi connectivity index (χ0v) is 22.0. The van der Waals surface area contributed by atoms with E-state index in [0.717, 1.165) is 19.4 Å². The van der Waals surface area contributed by atoms with Crippen molar-refractivity contribution in [1.29, 1.82) is 0 Å². The Morgan fingerprint density at radius 3 is 2.64 bits per heavy atom. The molecule has 0 bridgehead atoms. The van der Waals surface area contributed by atoms with Crippen molar-refractivity contribution in [3.8, 4) is 11.4 Å². The number of benzene rings is 1. The summed E-state index contributed by atoms with van der Waals surface area (Å²) in [7, 11) is 1.96. The largest absolute Gasteiger partial charge is 0.391 e. The Bertz CT molecular complexity index is 1150. The number of amides is 2. The number of aliphatic hydroxyl groups excluding tert-OH is 1. The van der Waals surface area contributed by atoms with Gasteiger partial charge in [0.15, 0.2) is 5.69 Å². The number of rotatable bonds is 5. The third-order valence-electron chi connectivity index (χ3n) is 7.01. The molecular formula is C26H35ClFN5O3. The lowest BCUT2D eigenvalue weighted by Crippen LogP contribution is -2.56. The molecule has 0 spiro atoms. The fourth-order valence-electron chi connectivity index (χ4n) is 5.03. The lowest BCUT2D eigenvalue weighted by molar-refractivity contribution is -0.126. The van der Waals surface area contributed by atoms with E-state index in [-0.39, 0.29) is 23.2 Å². The third kappa shape index (κ3) is 5.58. The van der Waals surface area contributed by atoms with Gasteiger partial charge < -0.3 is 25.2 Å². The standard InChI is InChI=1S/C26H35ClFN5O3/c1-26(2,3)22(25(36)29-18-7-5-8-20(18)34)31-24(35)21-19-14-32(4)11-6-12-33(19)23(30-21)16-13-15(27)9-10-17(16)28/h9-10,13,18,20,22,34H,5-8,11-12,14H2,1-4H3,(H,29,36)(H,31,35)/t18-,20+,22+/m0/s1. The Morgan fingerprint density at radius 2 is 1.97 bits per heavy atom. The van der Waals surface area contributed by atoms with Crippen molar-refractivity contribution in [1.82, 2.24) is 25.1 Å². The second kappa shape index (κ2) is 10.5. The molecule has 1 aliphatic carbocycles. The lowest BCUT2D eigenvalue weighted by atomic mass is 9.85. The molecule has 0 saturated heterocycles. The Morgan fingerprint density at radius 1 is 1.22 bits per heavy atom. The van der Waals surface area contributed by atoms with E-state index in [2.05, 4.69) is 20.5 Å². The first-order chi connectivity index (χ1) is 17.0. The summed E-state index contributed by atoms with van der Waals surface area (Å²) in [5.74, 6) is -0.967. The molecule has 2 aliphatic rings. The number of halogens is 2. The highest BCUT2D eigenvalue weighted by atomic mass is 35.5. The van der Waals surface area contributed by atoms with Crippen molar-refractivity contribution >= 4 is 23.4 Å². The first-order valence-corrected chi connectivity index (χ1v) is 12.9. The van der Waals surface area contributed by atoms with Crippen molar-refractivity contribution in [3.05, 3.63) is 40.4 Å². The van der Waals surface area contributed by atoms with Gasteiger partial charge in [0.2, 0.25) is 5.91 Å². The number of carbonyl (C=O) groups is 2. The van der Waals surface area contributed by atoms with Gasteiger partial charge in [-0.15, -0.1) is 0 Å². The number of aromatic nitrogens is 2. The van der Waals surface area contributed by atoms with Gasteiger partial charge >= 0.3 is 0 Å². The van der Waals surface area contributed by atoms with E-state index in [1.54, 1.807) is 0 Å². The van der Waals surface area contributed by atoms with Gasteiger partial charge in [0.05, 0.1) is 23.4 Å². The van der Waals surface area contributed by atoms with Gasteiger partial charge in [0.25, 0.3) is 5.91 Å². The van der Waals surface area contributed by atoms with E-state index in [1.807, 2.05) is 32.4 Å². The molecule has 3 N–H and O–H groups in total. The third-order valence-corrected chi connectivity index (χ3v) is 7.24. The lowest BCUT2D eigenvalue weighted by Gasteiger charge is -2.31. The molecule has 3 atom stereocenters. The van der Waals surface area contributed by atoms with Crippen LogP contribution in [0.1, 0.15) is 62.6 Å². The molecule has 1 aromatic heterocycles. The van der Waals surface area contributed by atoms with Gasteiger partial charge in [-0.3, -0.25) is 9.59 Å². The Labute approximate surface area is 216 Å². The summed E-state index contributed by atoms with van der Waals surface area (Å²) < 4.78 is 16.7. The zero-order chi connectivity index (χ0) is 26.2. The first kappa shape index (κ1) is 26.6. The number of aliphatic hydroxyl groups is 1. The van der Waals surface area contributed by atoms with Crippen LogP contribution in [-0.2, 0) is 17.9 Å². The molecule has 36 heavy (non-hydrogen) atoms. The summed E-state index contributed by atoms with van der Waals surface area (Å²) in [6.07, 6.45) is 2.42. The number of hydrogen-bond acceptors (Lipinski definition) is 5. The molecule has 1 aliphatic heterocycles. The maximum Gasteiger partial charge on any atom is 0.272 e. The van der Waals surface area contributed by atoms with E-state index in [0.29, 0.717) is 42.5 Å². The monoisotopic (exact) mass is 519 g/mol. The Kier molecular flexibility index (Phi) is 7.73. The number of hydrogen-bond donors (Lipinski definition) is 3. The predicted octanol–water partition coefficient (Wildman–Crippen LogP) is 3.35. The Hall–Kier alpha value is -2.49. The molecule has 196 valence electrons. The van der Waals surface area contributed by atoms with Gasteiger partial charge in [0.1, 0.15) is 17.7 Å².